The molecule has 0 fully saturated rings. The predicted octanol–water partition coefficient (Wildman–Crippen LogP) is 2.92. The van der Waals surface area contributed by atoms with Gasteiger partial charge in [0, 0.05) is 41.9 Å². The molecule has 0 amide bonds. The fourth-order valence-electron chi connectivity index (χ4n) is 3.10. The van der Waals surface area contributed by atoms with Crippen LogP contribution < -0.4 is 4.31 Å². The van der Waals surface area contributed by atoms with Crippen LogP contribution in [0.5, 0.6) is 0 Å². The molecule has 1 atom stereocenters. The summed E-state index contributed by atoms with van der Waals surface area (Å²) in [6.45, 7) is 0.307. The molecule has 0 saturated heterocycles. The quantitative estimate of drug-likeness (QED) is 0.655. The Morgan fingerprint density at radius 1 is 1.20 bits per heavy atom. The number of hydrogen-bond acceptors (Lipinski definition) is 4. The van der Waals surface area contributed by atoms with E-state index in [1.54, 1.807) is 47.4 Å². The minimum atomic E-state index is -3.67. The SMILES string of the molecule is Cn1cc(C2CN(S(=O)(=O)c3ccccc3)c3ncc(Br)cc32)cn1. The second-order valence-corrected chi connectivity index (χ2v) is 8.69. The highest BCUT2D eigenvalue weighted by atomic mass is 79.9. The Morgan fingerprint density at radius 2 is 1.96 bits per heavy atom. The van der Waals surface area contributed by atoms with E-state index in [1.807, 2.05) is 19.3 Å². The Kier molecular flexibility index (Phi) is 3.88. The number of nitrogens with zero attached hydrogens (tertiary/aromatic N) is 4. The van der Waals surface area contributed by atoms with Gasteiger partial charge in [-0.25, -0.2) is 17.7 Å². The van der Waals surface area contributed by atoms with Crippen LogP contribution in [0, 0.1) is 0 Å². The lowest BCUT2D eigenvalue weighted by Gasteiger charge is -2.19. The summed E-state index contributed by atoms with van der Waals surface area (Å²) in [5, 5.41) is 4.22. The van der Waals surface area contributed by atoms with E-state index in [1.165, 1.54) is 4.31 Å². The summed E-state index contributed by atoms with van der Waals surface area (Å²) >= 11 is 3.43. The molecule has 0 radical (unpaired) electrons. The molecule has 1 aromatic carbocycles. The highest BCUT2D eigenvalue weighted by Gasteiger charge is 2.39. The van der Waals surface area contributed by atoms with Crippen LogP contribution >= 0.6 is 15.9 Å². The van der Waals surface area contributed by atoms with Crippen LogP contribution in [0.2, 0.25) is 0 Å². The molecule has 128 valence electrons. The summed E-state index contributed by atoms with van der Waals surface area (Å²) in [7, 11) is -1.83. The minimum absolute atomic E-state index is 0.104. The van der Waals surface area contributed by atoms with Gasteiger partial charge in [0.05, 0.1) is 11.1 Å². The Balaban J connectivity index is 1.84. The van der Waals surface area contributed by atoms with Crippen LogP contribution in [-0.4, -0.2) is 29.7 Å². The van der Waals surface area contributed by atoms with E-state index in [-0.39, 0.29) is 10.8 Å². The van der Waals surface area contributed by atoms with Crippen molar-refractivity contribution < 1.29 is 8.42 Å². The number of rotatable bonds is 3. The zero-order chi connectivity index (χ0) is 17.6. The molecule has 1 aliphatic rings. The van der Waals surface area contributed by atoms with E-state index in [0.717, 1.165) is 15.6 Å². The summed E-state index contributed by atoms with van der Waals surface area (Å²) in [5.41, 5.74) is 1.84. The first-order chi connectivity index (χ1) is 12.0. The molecule has 1 unspecified atom stereocenters. The fraction of sp³-hybridized carbons (Fsp3) is 0.176. The topological polar surface area (TPSA) is 68.1 Å². The van der Waals surface area contributed by atoms with Crippen molar-refractivity contribution >= 4 is 31.8 Å². The van der Waals surface area contributed by atoms with Gasteiger partial charge in [0.2, 0.25) is 0 Å². The van der Waals surface area contributed by atoms with E-state index in [2.05, 4.69) is 26.0 Å². The molecule has 2 aromatic heterocycles. The van der Waals surface area contributed by atoms with Gasteiger partial charge in [-0.1, -0.05) is 18.2 Å². The van der Waals surface area contributed by atoms with E-state index in [0.29, 0.717) is 12.4 Å². The van der Waals surface area contributed by atoms with Crippen molar-refractivity contribution in [1.29, 1.82) is 0 Å². The zero-order valence-electron chi connectivity index (χ0n) is 13.4. The average Bonchev–Trinajstić information content (AvgIpc) is 3.19. The first-order valence-corrected chi connectivity index (χ1v) is 9.92. The molecule has 3 heterocycles. The monoisotopic (exact) mass is 418 g/mol. The number of fused-ring (bicyclic) bond motifs is 1. The lowest BCUT2D eigenvalue weighted by Crippen LogP contribution is -2.30. The van der Waals surface area contributed by atoms with Crippen molar-refractivity contribution in [3.05, 3.63) is 70.6 Å². The predicted molar refractivity (Wildman–Crippen MR) is 98.0 cm³/mol. The van der Waals surface area contributed by atoms with E-state index in [9.17, 15) is 8.42 Å². The molecular weight excluding hydrogens is 404 g/mol. The molecule has 8 heteroatoms. The maximum atomic E-state index is 13.1. The molecule has 4 rings (SSSR count). The molecule has 0 aliphatic carbocycles. The van der Waals surface area contributed by atoms with Gasteiger partial charge in [-0.2, -0.15) is 5.10 Å². The Labute approximate surface area is 154 Å². The summed E-state index contributed by atoms with van der Waals surface area (Å²) in [5.74, 6) is 0.369. The number of benzene rings is 1. The van der Waals surface area contributed by atoms with Crippen LogP contribution in [0.15, 0.2) is 64.4 Å². The lowest BCUT2D eigenvalue weighted by atomic mass is 9.97. The highest BCUT2D eigenvalue weighted by Crippen LogP contribution is 2.42. The fourth-order valence-corrected chi connectivity index (χ4v) is 4.93. The Hall–Kier alpha value is -2.19. The molecule has 3 aromatic rings. The van der Waals surface area contributed by atoms with Gasteiger partial charge in [0.15, 0.2) is 0 Å². The molecule has 0 bridgehead atoms. The van der Waals surface area contributed by atoms with Crippen LogP contribution in [0.25, 0.3) is 0 Å². The number of hydrogen-bond donors (Lipinski definition) is 0. The normalized spacial score (nSPS) is 16.9. The maximum absolute atomic E-state index is 13.1. The third kappa shape index (κ3) is 2.75. The number of pyridine rings is 1. The molecule has 0 spiro atoms. The second-order valence-electron chi connectivity index (χ2n) is 5.92. The van der Waals surface area contributed by atoms with Gasteiger partial charge in [0.25, 0.3) is 10.0 Å². The molecule has 0 N–H and O–H groups in total. The number of sulfonamides is 1. The average molecular weight is 419 g/mol. The van der Waals surface area contributed by atoms with Gasteiger partial charge >= 0.3 is 0 Å². The summed E-state index contributed by atoms with van der Waals surface area (Å²) in [6, 6.07) is 10.4. The zero-order valence-corrected chi connectivity index (χ0v) is 15.8. The first kappa shape index (κ1) is 16.3. The molecular formula is C17H15BrN4O2S. The minimum Gasteiger partial charge on any atom is -0.276 e. The smallest absolute Gasteiger partial charge is 0.265 e. The van der Waals surface area contributed by atoms with Crippen molar-refractivity contribution in [2.75, 3.05) is 10.8 Å². The van der Waals surface area contributed by atoms with Gasteiger partial charge in [-0.05, 0) is 39.7 Å². The van der Waals surface area contributed by atoms with Crippen molar-refractivity contribution in [3.63, 3.8) is 0 Å². The van der Waals surface area contributed by atoms with E-state index < -0.39 is 10.0 Å². The van der Waals surface area contributed by atoms with Crippen molar-refractivity contribution in [2.45, 2.75) is 10.8 Å². The highest BCUT2D eigenvalue weighted by molar-refractivity contribution is 9.10. The maximum Gasteiger partial charge on any atom is 0.265 e. The van der Waals surface area contributed by atoms with E-state index in [4.69, 9.17) is 0 Å². The van der Waals surface area contributed by atoms with E-state index >= 15 is 0 Å². The lowest BCUT2D eigenvalue weighted by molar-refractivity contribution is 0.591. The first-order valence-electron chi connectivity index (χ1n) is 7.68. The van der Waals surface area contributed by atoms with Gasteiger partial charge < -0.3 is 0 Å². The summed E-state index contributed by atoms with van der Waals surface area (Å²) < 4.78 is 30.2. The second kappa shape index (κ2) is 5.96. The summed E-state index contributed by atoms with van der Waals surface area (Å²) in [4.78, 5) is 4.65. The number of halogens is 1. The Morgan fingerprint density at radius 3 is 2.64 bits per heavy atom. The number of aryl methyl sites for hydroxylation is 1. The van der Waals surface area contributed by atoms with Crippen molar-refractivity contribution in [1.82, 2.24) is 14.8 Å². The molecule has 0 saturated carbocycles. The van der Waals surface area contributed by atoms with Crippen LogP contribution in [0.3, 0.4) is 0 Å². The van der Waals surface area contributed by atoms with Crippen LogP contribution in [0.4, 0.5) is 5.82 Å². The number of anilines is 1. The third-order valence-electron chi connectivity index (χ3n) is 4.28. The van der Waals surface area contributed by atoms with Crippen LogP contribution in [-0.2, 0) is 17.1 Å². The van der Waals surface area contributed by atoms with Crippen LogP contribution in [0.1, 0.15) is 17.0 Å². The number of aromatic nitrogens is 3. The van der Waals surface area contributed by atoms with Gasteiger partial charge in [0.1, 0.15) is 5.82 Å². The third-order valence-corrected chi connectivity index (χ3v) is 6.48. The largest absolute Gasteiger partial charge is 0.276 e. The standard InChI is InChI=1S/C17H15BrN4O2S/c1-21-10-12(8-20-21)16-11-22(17-15(16)7-13(18)9-19-17)25(23,24)14-5-3-2-4-6-14/h2-10,16H,11H2,1H3. The summed E-state index contributed by atoms with van der Waals surface area (Å²) in [6.07, 6.45) is 5.31. The molecule has 25 heavy (non-hydrogen) atoms. The van der Waals surface area contributed by atoms with Gasteiger partial charge in [-0.3, -0.25) is 4.68 Å². The molecule has 6 nitrogen and oxygen atoms in total. The Bertz CT molecular complexity index is 1030. The van der Waals surface area contributed by atoms with Crippen molar-refractivity contribution in [2.24, 2.45) is 7.05 Å². The van der Waals surface area contributed by atoms with Crippen molar-refractivity contribution in [3.8, 4) is 0 Å². The van der Waals surface area contributed by atoms with Gasteiger partial charge in [-0.15, -0.1) is 0 Å². The molecule has 1 aliphatic heterocycles.